The fraction of sp³-hybridized carbons (Fsp3) is 0.533. The molecule has 0 spiro atoms. The maximum atomic E-state index is 12.5. The van der Waals surface area contributed by atoms with Crippen molar-refractivity contribution < 1.29 is 9.53 Å². The zero-order valence-electron chi connectivity index (χ0n) is 11.2. The van der Waals surface area contributed by atoms with Crippen LogP contribution in [0, 0.1) is 12.8 Å². The third-order valence-electron chi connectivity index (χ3n) is 3.41. The Bertz CT molecular complexity index is 411. The van der Waals surface area contributed by atoms with Gasteiger partial charge in [-0.2, -0.15) is 0 Å². The highest BCUT2D eigenvalue weighted by molar-refractivity contribution is 5.95. The SMILES string of the molecule is CCN(C(=O)C1CCCOC1)c1cccc(C)c1. The molecule has 0 aliphatic carbocycles. The predicted molar refractivity (Wildman–Crippen MR) is 72.7 cm³/mol. The second-order valence-electron chi connectivity index (χ2n) is 4.84. The molecule has 1 aromatic rings. The summed E-state index contributed by atoms with van der Waals surface area (Å²) < 4.78 is 5.41. The number of hydrogen-bond donors (Lipinski definition) is 0. The van der Waals surface area contributed by atoms with E-state index < -0.39 is 0 Å². The van der Waals surface area contributed by atoms with E-state index in [2.05, 4.69) is 6.07 Å². The van der Waals surface area contributed by atoms with Gasteiger partial charge in [-0.15, -0.1) is 0 Å². The van der Waals surface area contributed by atoms with Gasteiger partial charge >= 0.3 is 0 Å². The minimum atomic E-state index is 0.0270. The first-order valence-electron chi connectivity index (χ1n) is 6.68. The van der Waals surface area contributed by atoms with E-state index in [1.807, 2.05) is 36.9 Å². The van der Waals surface area contributed by atoms with Gasteiger partial charge < -0.3 is 9.64 Å². The van der Waals surface area contributed by atoms with Gasteiger partial charge in [0.25, 0.3) is 0 Å². The van der Waals surface area contributed by atoms with Crippen LogP contribution in [0.3, 0.4) is 0 Å². The Balaban J connectivity index is 2.14. The molecule has 1 amide bonds. The van der Waals surface area contributed by atoms with Crippen LogP contribution >= 0.6 is 0 Å². The molecule has 1 atom stereocenters. The van der Waals surface area contributed by atoms with Gasteiger partial charge in [0.15, 0.2) is 0 Å². The van der Waals surface area contributed by atoms with E-state index in [-0.39, 0.29) is 11.8 Å². The van der Waals surface area contributed by atoms with Crippen LogP contribution in [0.2, 0.25) is 0 Å². The van der Waals surface area contributed by atoms with Crippen molar-refractivity contribution in [1.82, 2.24) is 0 Å². The Morgan fingerprint density at radius 2 is 2.33 bits per heavy atom. The van der Waals surface area contributed by atoms with Crippen molar-refractivity contribution in [2.45, 2.75) is 26.7 Å². The summed E-state index contributed by atoms with van der Waals surface area (Å²) in [6.07, 6.45) is 1.93. The Morgan fingerprint density at radius 1 is 1.50 bits per heavy atom. The van der Waals surface area contributed by atoms with Crippen LogP contribution in [-0.2, 0) is 9.53 Å². The van der Waals surface area contributed by atoms with Gasteiger partial charge in [0, 0.05) is 18.8 Å². The second kappa shape index (κ2) is 6.01. The topological polar surface area (TPSA) is 29.5 Å². The Kier molecular flexibility index (Phi) is 4.37. The van der Waals surface area contributed by atoms with Gasteiger partial charge in [-0.3, -0.25) is 4.79 Å². The van der Waals surface area contributed by atoms with Gasteiger partial charge in [-0.25, -0.2) is 0 Å². The molecule has 0 radical (unpaired) electrons. The van der Waals surface area contributed by atoms with Crippen LogP contribution in [0.1, 0.15) is 25.3 Å². The van der Waals surface area contributed by atoms with E-state index in [1.54, 1.807) is 0 Å². The van der Waals surface area contributed by atoms with E-state index in [0.717, 1.165) is 25.1 Å². The Morgan fingerprint density at radius 3 is 2.94 bits per heavy atom. The molecule has 1 aliphatic rings. The maximum Gasteiger partial charge on any atom is 0.232 e. The maximum absolute atomic E-state index is 12.5. The molecular formula is C15H21NO2. The number of anilines is 1. The summed E-state index contributed by atoms with van der Waals surface area (Å²) in [6, 6.07) is 8.10. The number of ether oxygens (including phenoxy) is 1. The normalized spacial score (nSPS) is 19.6. The van der Waals surface area contributed by atoms with E-state index in [1.165, 1.54) is 5.56 Å². The van der Waals surface area contributed by atoms with Crippen molar-refractivity contribution in [3.8, 4) is 0 Å². The lowest BCUT2D eigenvalue weighted by atomic mass is 10.00. The molecule has 1 aliphatic heterocycles. The molecule has 98 valence electrons. The molecule has 1 aromatic carbocycles. The molecule has 0 aromatic heterocycles. The molecule has 0 bridgehead atoms. The molecule has 3 nitrogen and oxygen atoms in total. The van der Waals surface area contributed by atoms with Crippen molar-refractivity contribution in [3.63, 3.8) is 0 Å². The lowest BCUT2D eigenvalue weighted by Gasteiger charge is -2.28. The first-order valence-corrected chi connectivity index (χ1v) is 6.68. The number of aryl methyl sites for hydroxylation is 1. The molecule has 0 N–H and O–H groups in total. The number of amides is 1. The van der Waals surface area contributed by atoms with Crippen molar-refractivity contribution in [1.29, 1.82) is 0 Å². The largest absolute Gasteiger partial charge is 0.381 e. The monoisotopic (exact) mass is 247 g/mol. The summed E-state index contributed by atoms with van der Waals surface area (Å²) >= 11 is 0. The van der Waals surface area contributed by atoms with Gasteiger partial charge in [0.2, 0.25) is 5.91 Å². The van der Waals surface area contributed by atoms with Crippen molar-refractivity contribution in [3.05, 3.63) is 29.8 Å². The lowest BCUT2D eigenvalue weighted by molar-refractivity contribution is -0.126. The number of carbonyl (C=O) groups is 1. The van der Waals surface area contributed by atoms with Gasteiger partial charge in [-0.05, 0) is 44.4 Å². The lowest BCUT2D eigenvalue weighted by Crippen LogP contribution is -2.39. The van der Waals surface area contributed by atoms with Crippen LogP contribution in [0.4, 0.5) is 5.69 Å². The van der Waals surface area contributed by atoms with Crippen molar-refractivity contribution in [2.75, 3.05) is 24.7 Å². The zero-order chi connectivity index (χ0) is 13.0. The van der Waals surface area contributed by atoms with E-state index >= 15 is 0 Å². The molecule has 2 rings (SSSR count). The van der Waals surface area contributed by atoms with Gasteiger partial charge in [0.1, 0.15) is 0 Å². The Labute approximate surface area is 109 Å². The summed E-state index contributed by atoms with van der Waals surface area (Å²) in [5, 5.41) is 0. The van der Waals surface area contributed by atoms with Crippen molar-refractivity contribution >= 4 is 11.6 Å². The molecule has 18 heavy (non-hydrogen) atoms. The highest BCUT2D eigenvalue weighted by atomic mass is 16.5. The zero-order valence-corrected chi connectivity index (χ0v) is 11.2. The van der Waals surface area contributed by atoms with E-state index in [4.69, 9.17) is 4.74 Å². The molecule has 1 fully saturated rings. The third kappa shape index (κ3) is 2.91. The third-order valence-corrected chi connectivity index (χ3v) is 3.41. The number of benzene rings is 1. The summed E-state index contributed by atoms with van der Waals surface area (Å²) in [5.41, 5.74) is 2.17. The second-order valence-corrected chi connectivity index (χ2v) is 4.84. The number of rotatable bonds is 3. The minimum absolute atomic E-state index is 0.0270. The molecule has 1 heterocycles. The minimum Gasteiger partial charge on any atom is -0.381 e. The summed E-state index contributed by atoms with van der Waals surface area (Å²) in [4.78, 5) is 14.4. The van der Waals surface area contributed by atoms with Crippen molar-refractivity contribution in [2.24, 2.45) is 5.92 Å². The average molecular weight is 247 g/mol. The molecule has 3 heteroatoms. The highest BCUT2D eigenvalue weighted by Crippen LogP contribution is 2.22. The summed E-state index contributed by atoms with van der Waals surface area (Å²) in [6.45, 7) is 6.13. The summed E-state index contributed by atoms with van der Waals surface area (Å²) in [5.74, 6) is 0.224. The smallest absolute Gasteiger partial charge is 0.232 e. The number of nitrogens with zero attached hydrogens (tertiary/aromatic N) is 1. The van der Waals surface area contributed by atoms with Crippen LogP contribution in [-0.4, -0.2) is 25.7 Å². The standard InChI is InChI=1S/C15H21NO2/c1-3-16(14-8-4-6-12(2)10-14)15(17)13-7-5-9-18-11-13/h4,6,8,10,13H,3,5,7,9,11H2,1-2H3. The van der Waals surface area contributed by atoms with E-state index in [9.17, 15) is 4.79 Å². The first-order chi connectivity index (χ1) is 8.72. The van der Waals surface area contributed by atoms with Gasteiger partial charge in [-0.1, -0.05) is 12.1 Å². The van der Waals surface area contributed by atoms with Crippen LogP contribution in [0.5, 0.6) is 0 Å². The van der Waals surface area contributed by atoms with Crippen LogP contribution in [0.15, 0.2) is 24.3 Å². The number of hydrogen-bond acceptors (Lipinski definition) is 2. The van der Waals surface area contributed by atoms with Crippen LogP contribution < -0.4 is 4.90 Å². The molecular weight excluding hydrogens is 226 g/mol. The predicted octanol–water partition coefficient (Wildman–Crippen LogP) is 2.77. The van der Waals surface area contributed by atoms with E-state index in [0.29, 0.717) is 13.2 Å². The fourth-order valence-electron chi connectivity index (χ4n) is 2.42. The molecule has 1 saturated heterocycles. The average Bonchev–Trinajstić information content (AvgIpc) is 2.40. The quantitative estimate of drug-likeness (QED) is 0.822. The van der Waals surface area contributed by atoms with Gasteiger partial charge in [0.05, 0.1) is 12.5 Å². The number of carbonyl (C=O) groups excluding carboxylic acids is 1. The fourth-order valence-corrected chi connectivity index (χ4v) is 2.42. The Hall–Kier alpha value is -1.35. The molecule has 1 unspecified atom stereocenters. The molecule has 0 saturated carbocycles. The van der Waals surface area contributed by atoms with Crippen LogP contribution in [0.25, 0.3) is 0 Å². The highest BCUT2D eigenvalue weighted by Gasteiger charge is 2.26. The summed E-state index contributed by atoms with van der Waals surface area (Å²) in [7, 11) is 0. The first kappa shape index (κ1) is 13.1.